The zero-order chi connectivity index (χ0) is 23.2. The molecule has 0 spiro atoms. The van der Waals surface area contributed by atoms with Gasteiger partial charge < -0.3 is 5.11 Å². The summed E-state index contributed by atoms with van der Waals surface area (Å²) in [5.41, 5.74) is -0.0938. The van der Waals surface area contributed by atoms with Crippen LogP contribution in [-0.4, -0.2) is 51.0 Å². The number of phenolic OH excluding ortho intramolecular Hbond substituents is 1. The topological polar surface area (TPSA) is 107 Å². The smallest absolute Gasteiger partial charge is 0.347 e. The van der Waals surface area contributed by atoms with Gasteiger partial charge >= 0.3 is 11.4 Å². The number of allylic oxidation sites excluding steroid dienone is 2. The van der Waals surface area contributed by atoms with Crippen molar-refractivity contribution in [2.75, 3.05) is 5.45 Å². The van der Waals surface area contributed by atoms with E-state index in [0.717, 1.165) is 9.47 Å². The second-order valence-electron chi connectivity index (χ2n) is 8.17. The number of fused-ring (bicyclic) bond motifs is 4. The Bertz CT molecular complexity index is 1350. The number of benzene rings is 1. The van der Waals surface area contributed by atoms with E-state index in [2.05, 4.69) is 15.9 Å². The first kappa shape index (κ1) is 21.5. The summed E-state index contributed by atoms with van der Waals surface area (Å²) in [5.74, 6) is -2.32. The first-order chi connectivity index (χ1) is 15.1. The van der Waals surface area contributed by atoms with E-state index in [1.165, 1.54) is 28.5 Å². The molecular formula is C20H17BrCl2N4O5. The molecule has 0 radical (unpaired) electrons. The average molecular weight is 544 g/mol. The average Bonchev–Trinajstić information content (AvgIpc) is 3.06. The third-order valence-corrected chi connectivity index (χ3v) is 8.59. The van der Waals surface area contributed by atoms with Gasteiger partial charge in [0.1, 0.15) is 5.75 Å². The Balaban J connectivity index is 1.82. The van der Waals surface area contributed by atoms with E-state index in [0.29, 0.717) is 11.1 Å². The number of nitrogens with zero attached hydrogens (tertiary/aromatic N) is 4. The molecule has 1 aromatic heterocycles. The number of rotatable bonds is 2. The van der Waals surface area contributed by atoms with Crippen molar-refractivity contribution in [3.05, 3.63) is 62.4 Å². The number of imide groups is 1. The number of hydrogen-bond acceptors (Lipinski definition) is 5. The molecule has 1 saturated carbocycles. The van der Waals surface area contributed by atoms with Gasteiger partial charge in [0.25, 0.3) is 11.8 Å². The molecule has 0 unspecified atom stereocenters. The van der Waals surface area contributed by atoms with Crippen LogP contribution in [0.1, 0.15) is 23.9 Å². The quantitative estimate of drug-likeness (QED) is 0.267. The van der Waals surface area contributed by atoms with Crippen LogP contribution in [0.5, 0.6) is 5.75 Å². The van der Waals surface area contributed by atoms with Gasteiger partial charge in [-0.05, 0) is 23.3 Å². The Hall–Kier alpha value is -2.30. The van der Waals surface area contributed by atoms with Crippen LogP contribution in [0.25, 0.3) is 0 Å². The Kier molecular flexibility index (Phi) is 4.61. The Morgan fingerprint density at radius 2 is 1.88 bits per heavy atom. The first-order valence-corrected chi connectivity index (χ1v) is 11.6. The van der Waals surface area contributed by atoms with Crippen LogP contribution in [0.3, 0.4) is 0 Å². The summed E-state index contributed by atoms with van der Waals surface area (Å²) in [5, 5.41) is 10.1. The molecule has 3 aliphatic rings. The largest absolute Gasteiger partial charge is 0.508 e. The van der Waals surface area contributed by atoms with Gasteiger partial charge in [-0.25, -0.2) is 23.5 Å². The fourth-order valence-corrected chi connectivity index (χ4v) is 6.61. The number of amides is 2. The highest BCUT2D eigenvalue weighted by Gasteiger charge is 2.75. The first-order valence-electron chi connectivity index (χ1n) is 9.75. The van der Waals surface area contributed by atoms with Crippen molar-refractivity contribution in [1.29, 1.82) is 0 Å². The molecule has 2 fully saturated rings. The highest BCUT2D eigenvalue weighted by Crippen LogP contribution is 2.63. The SMILES string of the molecule is Cn1c(=O)n2n(c1=O)[C@@H]1C[C@@]3(Cl)C(=O)N(CBr)C(=O)[C@@]3(Cl)[C@@H](c3cccc(O)c3)C1=CC2. The molecule has 3 heterocycles. The summed E-state index contributed by atoms with van der Waals surface area (Å²) in [6.45, 7) is 0.0859. The minimum atomic E-state index is -1.89. The number of carbonyl (C=O) groups is 2. The maximum absolute atomic E-state index is 13.5. The summed E-state index contributed by atoms with van der Waals surface area (Å²) in [6, 6.07) is 5.42. The number of halogens is 3. The normalized spacial score (nSPS) is 31.2. The van der Waals surface area contributed by atoms with E-state index < -0.39 is 44.9 Å². The van der Waals surface area contributed by atoms with Gasteiger partial charge in [0, 0.05) is 19.4 Å². The zero-order valence-corrected chi connectivity index (χ0v) is 19.8. The van der Waals surface area contributed by atoms with Gasteiger partial charge in [-0.3, -0.25) is 14.5 Å². The second-order valence-corrected chi connectivity index (χ2v) is 9.92. The van der Waals surface area contributed by atoms with E-state index >= 15 is 0 Å². The van der Waals surface area contributed by atoms with Crippen LogP contribution in [0.4, 0.5) is 0 Å². The molecule has 168 valence electrons. The van der Waals surface area contributed by atoms with Crippen LogP contribution >= 0.6 is 39.1 Å². The van der Waals surface area contributed by atoms with Gasteiger partial charge in [-0.1, -0.05) is 34.1 Å². The number of aromatic hydroxyl groups is 1. The molecule has 5 rings (SSSR count). The van der Waals surface area contributed by atoms with Crippen LogP contribution in [0.2, 0.25) is 0 Å². The molecular weight excluding hydrogens is 527 g/mol. The minimum Gasteiger partial charge on any atom is -0.508 e. The third kappa shape index (κ3) is 2.40. The fraction of sp³-hybridized carbons (Fsp3) is 0.400. The Morgan fingerprint density at radius 3 is 2.53 bits per heavy atom. The molecule has 32 heavy (non-hydrogen) atoms. The molecule has 9 nitrogen and oxygen atoms in total. The van der Waals surface area contributed by atoms with Crippen molar-refractivity contribution in [2.45, 2.75) is 34.7 Å². The van der Waals surface area contributed by atoms with Crippen LogP contribution in [-0.2, 0) is 23.2 Å². The summed E-state index contributed by atoms with van der Waals surface area (Å²) < 4.78 is 3.54. The van der Waals surface area contributed by atoms with Crippen LogP contribution in [0.15, 0.2) is 45.5 Å². The molecule has 2 aromatic rings. The number of phenols is 1. The van der Waals surface area contributed by atoms with E-state index in [-0.39, 0.29) is 24.2 Å². The molecule has 4 atom stereocenters. The lowest BCUT2D eigenvalue weighted by molar-refractivity contribution is -0.138. The van der Waals surface area contributed by atoms with Crippen molar-refractivity contribution in [2.24, 2.45) is 7.05 Å². The molecule has 12 heteroatoms. The molecule has 0 bridgehead atoms. The van der Waals surface area contributed by atoms with Crippen molar-refractivity contribution in [3.8, 4) is 5.75 Å². The number of carbonyl (C=O) groups excluding carboxylic acids is 2. The minimum absolute atomic E-state index is 0.0515. The highest BCUT2D eigenvalue weighted by atomic mass is 79.9. The molecule has 1 aromatic carbocycles. The maximum atomic E-state index is 13.5. The Labute approximate surface area is 199 Å². The van der Waals surface area contributed by atoms with Gasteiger partial charge in [-0.2, -0.15) is 0 Å². The monoisotopic (exact) mass is 542 g/mol. The molecule has 1 saturated heterocycles. The number of alkyl halides is 3. The van der Waals surface area contributed by atoms with Crippen molar-refractivity contribution in [1.82, 2.24) is 18.8 Å². The molecule has 2 aliphatic heterocycles. The van der Waals surface area contributed by atoms with Crippen molar-refractivity contribution >= 4 is 50.9 Å². The van der Waals surface area contributed by atoms with E-state index in [4.69, 9.17) is 23.2 Å². The lowest BCUT2D eigenvalue weighted by atomic mass is 9.64. The predicted octanol–water partition coefficient (Wildman–Crippen LogP) is 1.40. The van der Waals surface area contributed by atoms with Crippen molar-refractivity contribution in [3.63, 3.8) is 0 Å². The zero-order valence-electron chi connectivity index (χ0n) is 16.7. The lowest BCUT2D eigenvalue weighted by Gasteiger charge is -2.49. The predicted molar refractivity (Wildman–Crippen MR) is 119 cm³/mol. The molecule has 1 N–H and O–H groups in total. The van der Waals surface area contributed by atoms with Gasteiger partial charge in [0.05, 0.1) is 18.0 Å². The summed E-state index contributed by atoms with van der Waals surface area (Å²) in [7, 11) is 1.37. The summed E-state index contributed by atoms with van der Waals surface area (Å²) in [6.07, 6.45) is 1.59. The molecule has 1 aliphatic carbocycles. The van der Waals surface area contributed by atoms with Crippen molar-refractivity contribution < 1.29 is 14.7 Å². The lowest BCUT2D eigenvalue weighted by Crippen LogP contribution is -2.59. The van der Waals surface area contributed by atoms with Gasteiger partial charge in [0.2, 0.25) is 0 Å². The van der Waals surface area contributed by atoms with Crippen LogP contribution in [0, 0.1) is 0 Å². The second kappa shape index (κ2) is 6.85. The standard InChI is InChI=1S/C20H17BrCl2N4O5/c1-24-17(31)26-6-5-12-13(27(26)18(24)32)8-19(22)15(29)25(9-21)16(30)20(19,23)14(12)10-3-2-4-11(28)7-10/h2-5,7,13-14,28H,6,8-9H2,1H3/t13-,14+,19-,20+/m1/s1. The number of likely N-dealkylation sites (tertiary alicyclic amines) is 1. The molecule has 2 amide bonds. The fourth-order valence-electron chi connectivity index (χ4n) is 5.20. The summed E-state index contributed by atoms with van der Waals surface area (Å²) in [4.78, 5) is 49.4. The van der Waals surface area contributed by atoms with Gasteiger partial charge in [-0.15, -0.1) is 23.2 Å². The third-order valence-electron chi connectivity index (χ3n) is 6.68. The Morgan fingerprint density at radius 1 is 1.16 bits per heavy atom. The van der Waals surface area contributed by atoms with E-state index in [9.17, 15) is 24.3 Å². The summed E-state index contributed by atoms with van der Waals surface area (Å²) >= 11 is 17.2. The van der Waals surface area contributed by atoms with E-state index in [1.807, 2.05) is 0 Å². The number of hydrogen-bond donors (Lipinski definition) is 1. The number of aromatic nitrogens is 3. The van der Waals surface area contributed by atoms with E-state index in [1.54, 1.807) is 18.2 Å². The van der Waals surface area contributed by atoms with Crippen LogP contribution < -0.4 is 11.4 Å². The highest BCUT2D eigenvalue weighted by molar-refractivity contribution is 9.09. The van der Waals surface area contributed by atoms with Gasteiger partial charge in [0.15, 0.2) is 9.75 Å². The maximum Gasteiger partial charge on any atom is 0.347 e.